The first-order valence-electron chi connectivity index (χ1n) is 3.65. The molecular formula is C8H6F3NO2. The van der Waals surface area contributed by atoms with E-state index in [1.165, 1.54) is 0 Å². The van der Waals surface area contributed by atoms with Crippen LogP contribution in [0.25, 0.3) is 0 Å². The number of halogens is 3. The average Bonchev–Trinajstić information content (AvgIpc) is 2.01. The quantitative estimate of drug-likeness (QED) is 0.765. The minimum absolute atomic E-state index is 0.0275. The predicted octanol–water partition coefficient (Wildman–Crippen LogP) is 1.79. The molecule has 1 aromatic rings. The van der Waals surface area contributed by atoms with Crippen molar-refractivity contribution in [2.45, 2.75) is 12.8 Å². The van der Waals surface area contributed by atoms with Crippen LogP contribution in [0.2, 0.25) is 0 Å². The molecular weight excluding hydrogens is 199 g/mol. The highest BCUT2D eigenvalue weighted by Crippen LogP contribution is 2.18. The first-order valence-corrected chi connectivity index (χ1v) is 3.65. The minimum Gasteiger partial charge on any atom is -0.481 e. The molecule has 3 nitrogen and oxygen atoms in total. The number of carboxylic acid groups (broad SMARTS) is 1. The molecule has 6 heteroatoms. The van der Waals surface area contributed by atoms with Gasteiger partial charge in [0.25, 0.3) is 6.43 Å². The molecule has 0 aliphatic rings. The Kier molecular flexibility index (Phi) is 3.06. The maximum absolute atomic E-state index is 12.6. The van der Waals surface area contributed by atoms with Crippen LogP contribution in [-0.4, -0.2) is 16.1 Å². The molecule has 0 fully saturated rings. The van der Waals surface area contributed by atoms with Crippen LogP contribution in [0.15, 0.2) is 12.1 Å². The molecule has 0 amide bonds. The zero-order valence-electron chi connectivity index (χ0n) is 6.88. The molecule has 0 atom stereocenters. The molecule has 0 radical (unpaired) electrons. The fraction of sp³-hybridized carbons (Fsp3) is 0.250. The molecule has 0 spiro atoms. The Labute approximate surface area is 77.2 Å². The lowest BCUT2D eigenvalue weighted by Gasteiger charge is -2.02. The summed E-state index contributed by atoms with van der Waals surface area (Å²) in [7, 11) is 0. The lowest BCUT2D eigenvalue weighted by molar-refractivity contribution is -0.136. The second-order valence-corrected chi connectivity index (χ2v) is 2.59. The second-order valence-electron chi connectivity index (χ2n) is 2.59. The summed E-state index contributed by atoms with van der Waals surface area (Å²) in [5.74, 6) is -2.31. The highest BCUT2D eigenvalue weighted by Gasteiger charge is 2.12. The molecule has 0 aliphatic heterocycles. The van der Waals surface area contributed by atoms with Crippen LogP contribution in [-0.2, 0) is 11.2 Å². The van der Waals surface area contributed by atoms with E-state index in [4.69, 9.17) is 5.11 Å². The first kappa shape index (κ1) is 10.5. The van der Waals surface area contributed by atoms with Crippen LogP contribution < -0.4 is 0 Å². The van der Waals surface area contributed by atoms with Gasteiger partial charge in [0.05, 0.1) is 6.42 Å². The number of pyridine rings is 1. The molecule has 0 unspecified atom stereocenters. The van der Waals surface area contributed by atoms with Crippen LogP contribution in [0.4, 0.5) is 13.2 Å². The van der Waals surface area contributed by atoms with Gasteiger partial charge in [0, 0.05) is 0 Å². The Bertz CT molecular complexity index is 354. The summed E-state index contributed by atoms with van der Waals surface area (Å²) in [5.41, 5.74) is -0.776. The van der Waals surface area contributed by atoms with Gasteiger partial charge in [-0.15, -0.1) is 0 Å². The Hall–Kier alpha value is -1.59. The van der Waals surface area contributed by atoms with Crippen molar-refractivity contribution in [1.82, 2.24) is 4.98 Å². The summed E-state index contributed by atoms with van der Waals surface area (Å²) < 4.78 is 36.8. The van der Waals surface area contributed by atoms with Crippen molar-refractivity contribution in [3.8, 4) is 0 Å². The molecule has 0 saturated heterocycles. The van der Waals surface area contributed by atoms with Gasteiger partial charge in [0.2, 0.25) is 5.95 Å². The Morgan fingerprint density at radius 2 is 2.14 bits per heavy atom. The lowest BCUT2D eigenvalue weighted by atomic mass is 10.1. The number of nitrogens with zero attached hydrogens (tertiary/aromatic N) is 1. The molecule has 14 heavy (non-hydrogen) atoms. The van der Waals surface area contributed by atoms with Crippen molar-refractivity contribution in [1.29, 1.82) is 0 Å². The van der Waals surface area contributed by atoms with E-state index in [0.29, 0.717) is 0 Å². The molecule has 76 valence electrons. The van der Waals surface area contributed by atoms with Gasteiger partial charge in [0.1, 0.15) is 5.69 Å². The molecule has 1 rings (SSSR count). The molecule has 0 saturated carbocycles. The summed E-state index contributed by atoms with van der Waals surface area (Å²) in [6.45, 7) is 0. The number of carboxylic acids is 1. The smallest absolute Gasteiger partial charge is 0.307 e. The average molecular weight is 205 g/mol. The number of aliphatic carboxylic acids is 1. The maximum Gasteiger partial charge on any atom is 0.307 e. The number of alkyl halides is 2. The Morgan fingerprint density at radius 3 is 2.64 bits per heavy atom. The van der Waals surface area contributed by atoms with Gasteiger partial charge in [-0.2, -0.15) is 4.39 Å². The van der Waals surface area contributed by atoms with Gasteiger partial charge in [-0.05, 0) is 17.7 Å². The molecule has 0 aromatic carbocycles. The van der Waals surface area contributed by atoms with Crippen molar-refractivity contribution in [2.75, 3.05) is 0 Å². The van der Waals surface area contributed by atoms with E-state index in [-0.39, 0.29) is 5.56 Å². The van der Waals surface area contributed by atoms with Crippen LogP contribution >= 0.6 is 0 Å². The van der Waals surface area contributed by atoms with E-state index in [9.17, 15) is 18.0 Å². The number of hydrogen-bond donors (Lipinski definition) is 1. The zero-order chi connectivity index (χ0) is 10.7. The summed E-state index contributed by atoms with van der Waals surface area (Å²) in [4.78, 5) is 13.2. The minimum atomic E-state index is -2.90. The summed E-state index contributed by atoms with van der Waals surface area (Å²) in [5, 5.41) is 8.36. The van der Waals surface area contributed by atoms with Crippen molar-refractivity contribution < 1.29 is 23.1 Å². The van der Waals surface area contributed by atoms with Crippen LogP contribution in [0.5, 0.6) is 0 Å². The van der Waals surface area contributed by atoms with Gasteiger partial charge < -0.3 is 5.11 Å². The second kappa shape index (κ2) is 4.08. The highest BCUT2D eigenvalue weighted by molar-refractivity contribution is 5.70. The molecule has 1 N–H and O–H groups in total. The Morgan fingerprint density at radius 1 is 1.50 bits per heavy atom. The van der Waals surface area contributed by atoms with Crippen LogP contribution in [0, 0.1) is 5.95 Å². The van der Waals surface area contributed by atoms with Gasteiger partial charge in [-0.1, -0.05) is 0 Å². The van der Waals surface area contributed by atoms with Crippen LogP contribution in [0.3, 0.4) is 0 Å². The fourth-order valence-corrected chi connectivity index (χ4v) is 0.961. The SMILES string of the molecule is O=C(O)Cc1cc(F)nc(C(F)F)c1. The normalized spacial score (nSPS) is 10.6. The van der Waals surface area contributed by atoms with E-state index < -0.39 is 30.5 Å². The third kappa shape index (κ3) is 2.72. The maximum atomic E-state index is 12.6. The lowest BCUT2D eigenvalue weighted by Crippen LogP contribution is -2.03. The van der Waals surface area contributed by atoms with Crippen LogP contribution in [0.1, 0.15) is 17.7 Å². The molecule has 1 heterocycles. The zero-order valence-corrected chi connectivity index (χ0v) is 6.88. The van der Waals surface area contributed by atoms with Gasteiger partial charge >= 0.3 is 5.97 Å². The third-order valence-corrected chi connectivity index (χ3v) is 1.45. The van der Waals surface area contributed by atoms with E-state index in [2.05, 4.69) is 4.98 Å². The highest BCUT2D eigenvalue weighted by atomic mass is 19.3. The monoisotopic (exact) mass is 205 g/mol. The molecule has 0 bridgehead atoms. The third-order valence-electron chi connectivity index (χ3n) is 1.45. The van der Waals surface area contributed by atoms with E-state index in [1.54, 1.807) is 0 Å². The summed E-state index contributed by atoms with van der Waals surface area (Å²) in [6.07, 6.45) is -3.41. The van der Waals surface area contributed by atoms with Gasteiger partial charge in [-0.25, -0.2) is 13.8 Å². The standard InChI is InChI=1S/C8H6F3NO2/c9-6-2-4(3-7(13)14)1-5(12-6)8(10)11/h1-2,8H,3H2,(H,13,14). The number of aromatic nitrogens is 1. The fourth-order valence-electron chi connectivity index (χ4n) is 0.961. The van der Waals surface area contributed by atoms with Crippen molar-refractivity contribution in [3.63, 3.8) is 0 Å². The van der Waals surface area contributed by atoms with E-state index in [0.717, 1.165) is 12.1 Å². The van der Waals surface area contributed by atoms with Crippen molar-refractivity contribution >= 4 is 5.97 Å². The van der Waals surface area contributed by atoms with Crippen molar-refractivity contribution in [2.24, 2.45) is 0 Å². The molecule has 0 aliphatic carbocycles. The largest absolute Gasteiger partial charge is 0.481 e. The molecule has 1 aromatic heterocycles. The predicted molar refractivity (Wildman–Crippen MR) is 40.5 cm³/mol. The number of hydrogen-bond acceptors (Lipinski definition) is 2. The number of carbonyl (C=O) groups is 1. The number of rotatable bonds is 3. The topological polar surface area (TPSA) is 50.2 Å². The summed E-state index contributed by atoms with van der Waals surface area (Å²) >= 11 is 0. The van der Waals surface area contributed by atoms with Gasteiger partial charge in [0.15, 0.2) is 0 Å². The van der Waals surface area contributed by atoms with Crippen molar-refractivity contribution in [3.05, 3.63) is 29.3 Å². The summed E-state index contributed by atoms with van der Waals surface area (Å²) in [6, 6.07) is 1.70. The Balaban J connectivity index is 3.01. The van der Waals surface area contributed by atoms with Gasteiger partial charge in [-0.3, -0.25) is 4.79 Å². The van der Waals surface area contributed by atoms with E-state index in [1.807, 2.05) is 0 Å². The first-order chi connectivity index (χ1) is 6.49. The van der Waals surface area contributed by atoms with E-state index >= 15 is 0 Å².